The van der Waals surface area contributed by atoms with Crippen LogP contribution in [0, 0.1) is 0 Å². The average molecular weight is 300 g/mol. The van der Waals surface area contributed by atoms with Gasteiger partial charge in [-0.15, -0.1) is 0 Å². The summed E-state index contributed by atoms with van der Waals surface area (Å²) < 4.78 is 10.5. The van der Waals surface area contributed by atoms with E-state index in [9.17, 15) is 0 Å². The number of hydrogen-bond donors (Lipinski definition) is 1. The third kappa shape index (κ3) is 3.70. The summed E-state index contributed by atoms with van der Waals surface area (Å²) in [4.78, 5) is 8.17. The molecule has 0 unspecified atom stereocenters. The van der Waals surface area contributed by atoms with Gasteiger partial charge in [0.25, 0.3) is 0 Å². The van der Waals surface area contributed by atoms with Crippen LogP contribution in [-0.2, 0) is 11.3 Å². The minimum Gasteiger partial charge on any atom is -0.439 e. The van der Waals surface area contributed by atoms with E-state index >= 15 is 0 Å². The van der Waals surface area contributed by atoms with Gasteiger partial charge in [-0.25, -0.2) is 4.98 Å². The maximum atomic E-state index is 5.90. The molecule has 2 N–H and O–H groups in total. The minimum atomic E-state index is 0.253. The minimum absolute atomic E-state index is 0.253. The second kappa shape index (κ2) is 6.06. The molecule has 0 bridgehead atoms. The Bertz CT molecular complexity index is 593. The van der Waals surface area contributed by atoms with Crippen molar-refractivity contribution in [3.8, 4) is 11.6 Å². The van der Waals surface area contributed by atoms with Crippen molar-refractivity contribution in [1.82, 2.24) is 9.97 Å². The first-order chi connectivity index (χ1) is 9.08. The van der Waals surface area contributed by atoms with Crippen molar-refractivity contribution >= 4 is 29.0 Å². The van der Waals surface area contributed by atoms with E-state index in [2.05, 4.69) is 9.97 Å². The molecule has 0 spiro atoms. The molecule has 0 atom stereocenters. The van der Waals surface area contributed by atoms with Gasteiger partial charge in [-0.2, -0.15) is 4.98 Å². The number of benzene rings is 1. The zero-order chi connectivity index (χ0) is 13.8. The van der Waals surface area contributed by atoms with Crippen molar-refractivity contribution < 1.29 is 9.47 Å². The standard InChI is InChI=1S/C12H11Cl2N3O2/c1-18-6-11-16-10(15)5-12(17-11)19-7-2-3-8(13)9(14)4-7/h2-5H,6H2,1H3,(H2,15,16,17). The van der Waals surface area contributed by atoms with Gasteiger partial charge in [-0.1, -0.05) is 23.2 Å². The maximum Gasteiger partial charge on any atom is 0.224 e. The van der Waals surface area contributed by atoms with Crippen LogP contribution in [0.3, 0.4) is 0 Å². The van der Waals surface area contributed by atoms with Gasteiger partial charge in [-0.05, 0) is 12.1 Å². The summed E-state index contributed by atoms with van der Waals surface area (Å²) >= 11 is 11.7. The molecule has 0 radical (unpaired) electrons. The molecule has 0 saturated heterocycles. The number of nitrogens with zero attached hydrogens (tertiary/aromatic N) is 2. The maximum absolute atomic E-state index is 5.90. The van der Waals surface area contributed by atoms with Gasteiger partial charge in [0.05, 0.1) is 10.0 Å². The summed E-state index contributed by atoms with van der Waals surface area (Å²) in [6.45, 7) is 0.253. The summed E-state index contributed by atoms with van der Waals surface area (Å²) in [5.74, 6) is 1.57. The number of hydrogen-bond acceptors (Lipinski definition) is 5. The normalized spacial score (nSPS) is 10.5. The average Bonchev–Trinajstić information content (AvgIpc) is 2.33. The molecule has 0 aliphatic heterocycles. The number of aromatic nitrogens is 2. The van der Waals surface area contributed by atoms with Gasteiger partial charge in [-0.3, -0.25) is 0 Å². The van der Waals surface area contributed by atoms with Crippen LogP contribution >= 0.6 is 23.2 Å². The number of halogens is 2. The predicted molar refractivity (Wildman–Crippen MR) is 73.7 cm³/mol. The SMILES string of the molecule is COCc1nc(N)cc(Oc2ccc(Cl)c(Cl)c2)n1. The summed E-state index contributed by atoms with van der Waals surface area (Å²) in [5, 5.41) is 0.856. The molecular formula is C12H11Cl2N3O2. The lowest BCUT2D eigenvalue weighted by Crippen LogP contribution is -2.02. The fraction of sp³-hybridized carbons (Fsp3) is 0.167. The van der Waals surface area contributed by atoms with Crippen LogP contribution in [0.4, 0.5) is 5.82 Å². The van der Waals surface area contributed by atoms with Crippen molar-refractivity contribution in [2.24, 2.45) is 0 Å². The molecule has 1 aromatic carbocycles. The number of rotatable bonds is 4. The first-order valence-corrected chi connectivity index (χ1v) is 6.09. The molecule has 5 nitrogen and oxygen atoms in total. The summed E-state index contributed by atoms with van der Waals surface area (Å²) in [7, 11) is 1.55. The van der Waals surface area contributed by atoms with Crippen molar-refractivity contribution in [3.05, 3.63) is 40.1 Å². The fourth-order valence-electron chi connectivity index (χ4n) is 1.40. The first-order valence-electron chi connectivity index (χ1n) is 5.34. The zero-order valence-electron chi connectivity index (χ0n) is 10.1. The van der Waals surface area contributed by atoms with Crippen LogP contribution < -0.4 is 10.5 Å². The Balaban J connectivity index is 2.24. The molecule has 0 fully saturated rings. The summed E-state index contributed by atoms with van der Waals surface area (Å²) in [5.41, 5.74) is 5.66. The highest BCUT2D eigenvalue weighted by molar-refractivity contribution is 6.42. The third-order valence-electron chi connectivity index (χ3n) is 2.16. The highest BCUT2D eigenvalue weighted by Gasteiger charge is 2.06. The zero-order valence-corrected chi connectivity index (χ0v) is 11.6. The second-order valence-electron chi connectivity index (χ2n) is 3.66. The van der Waals surface area contributed by atoms with E-state index in [4.69, 9.17) is 38.4 Å². The molecule has 0 saturated carbocycles. The first kappa shape index (κ1) is 13.9. The van der Waals surface area contributed by atoms with E-state index in [1.807, 2.05) is 0 Å². The van der Waals surface area contributed by atoms with Gasteiger partial charge >= 0.3 is 0 Å². The lowest BCUT2D eigenvalue weighted by atomic mass is 10.3. The molecule has 7 heteroatoms. The van der Waals surface area contributed by atoms with Crippen molar-refractivity contribution in [2.45, 2.75) is 6.61 Å². The molecule has 1 heterocycles. The number of methoxy groups -OCH3 is 1. The van der Waals surface area contributed by atoms with Crippen LogP contribution in [0.15, 0.2) is 24.3 Å². The number of ether oxygens (including phenoxy) is 2. The van der Waals surface area contributed by atoms with E-state index in [0.717, 1.165) is 0 Å². The summed E-state index contributed by atoms with van der Waals surface area (Å²) in [6, 6.07) is 6.43. The second-order valence-corrected chi connectivity index (χ2v) is 4.47. The molecule has 0 aliphatic rings. The van der Waals surface area contributed by atoms with Crippen LogP contribution in [0.25, 0.3) is 0 Å². The van der Waals surface area contributed by atoms with Gasteiger partial charge in [0.1, 0.15) is 18.2 Å². The monoisotopic (exact) mass is 299 g/mol. The Morgan fingerprint density at radius 2 is 1.95 bits per heavy atom. The van der Waals surface area contributed by atoms with E-state index in [-0.39, 0.29) is 6.61 Å². The Morgan fingerprint density at radius 3 is 2.63 bits per heavy atom. The van der Waals surface area contributed by atoms with E-state index in [0.29, 0.717) is 33.3 Å². The molecule has 0 aliphatic carbocycles. The van der Waals surface area contributed by atoms with E-state index in [1.165, 1.54) is 6.07 Å². The molecule has 100 valence electrons. The van der Waals surface area contributed by atoms with Gasteiger partial charge in [0.2, 0.25) is 5.88 Å². The molecule has 2 aromatic rings. The number of anilines is 1. The molecule has 1 aromatic heterocycles. The molecule has 0 amide bonds. The third-order valence-corrected chi connectivity index (χ3v) is 2.89. The van der Waals surface area contributed by atoms with Crippen LogP contribution in [-0.4, -0.2) is 17.1 Å². The van der Waals surface area contributed by atoms with Gasteiger partial charge in [0, 0.05) is 19.2 Å². The van der Waals surface area contributed by atoms with Crippen molar-refractivity contribution in [3.63, 3.8) is 0 Å². The van der Waals surface area contributed by atoms with Crippen LogP contribution in [0.5, 0.6) is 11.6 Å². The van der Waals surface area contributed by atoms with E-state index in [1.54, 1.807) is 25.3 Å². The quantitative estimate of drug-likeness (QED) is 0.938. The van der Waals surface area contributed by atoms with Crippen molar-refractivity contribution in [2.75, 3.05) is 12.8 Å². The Kier molecular flexibility index (Phi) is 4.42. The Labute approximate surface area is 120 Å². The largest absolute Gasteiger partial charge is 0.439 e. The fourth-order valence-corrected chi connectivity index (χ4v) is 1.69. The topological polar surface area (TPSA) is 70.3 Å². The Hall–Kier alpha value is -1.56. The van der Waals surface area contributed by atoms with Gasteiger partial charge in [0.15, 0.2) is 5.82 Å². The Morgan fingerprint density at radius 1 is 1.16 bits per heavy atom. The number of nitrogen functional groups attached to an aromatic ring is 1. The smallest absolute Gasteiger partial charge is 0.224 e. The van der Waals surface area contributed by atoms with E-state index < -0.39 is 0 Å². The lowest BCUT2D eigenvalue weighted by molar-refractivity contribution is 0.177. The molecular weight excluding hydrogens is 289 g/mol. The lowest BCUT2D eigenvalue weighted by Gasteiger charge is -2.08. The highest BCUT2D eigenvalue weighted by atomic mass is 35.5. The molecule has 19 heavy (non-hydrogen) atoms. The highest BCUT2D eigenvalue weighted by Crippen LogP contribution is 2.29. The summed E-state index contributed by atoms with van der Waals surface area (Å²) in [6.07, 6.45) is 0. The van der Waals surface area contributed by atoms with Gasteiger partial charge < -0.3 is 15.2 Å². The predicted octanol–water partition coefficient (Wildman–Crippen LogP) is 3.30. The number of nitrogens with two attached hydrogens (primary N) is 1. The van der Waals surface area contributed by atoms with Crippen LogP contribution in [0.1, 0.15) is 5.82 Å². The van der Waals surface area contributed by atoms with Crippen molar-refractivity contribution in [1.29, 1.82) is 0 Å². The van der Waals surface area contributed by atoms with Crippen LogP contribution in [0.2, 0.25) is 10.0 Å². The molecule has 2 rings (SSSR count).